The molecule has 0 aromatic heterocycles. The van der Waals surface area contributed by atoms with E-state index in [-0.39, 0.29) is 6.73 Å². The Morgan fingerprint density at radius 2 is 0.556 bits per heavy atom. The summed E-state index contributed by atoms with van der Waals surface area (Å²) in [6, 6.07) is 0. The molecule has 0 atom stereocenters. The number of hydrogen-bond acceptors (Lipinski definition) is 9. The first-order valence-electron chi connectivity index (χ1n) is 6.68. The highest BCUT2D eigenvalue weighted by Gasteiger charge is 1.67. The van der Waals surface area contributed by atoms with Crippen molar-refractivity contribution in [3.63, 3.8) is 0 Å². The molecule has 0 aliphatic heterocycles. The van der Waals surface area contributed by atoms with Crippen LogP contribution in [-0.2, 0) is 24.0 Å². The zero-order valence-electron chi connectivity index (χ0n) is 16.1. The Bertz CT molecular complexity index is 259. The van der Waals surface area contributed by atoms with E-state index < -0.39 is 29.8 Å². The van der Waals surface area contributed by atoms with Crippen LogP contribution in [0.1, 0.15) is 34.6 Å². The molecule has 0 aliphatic carbocycles. The van der Waals surface area contributed by atoms with Crippen molar-refractivity contribution in [2.45, 2.75) is 34.6 Å². The molecule has 27 heavy (non-hydrogen) atoms. The first kappa shape index (κ1) is 44.0. The van der Waals surface area contributed by atoms with Gasteiger partial charge in [-0.05, 0) is 0 Å². The van der Waals surface area contributed by atoms with Crippen LogP contribution in [0.15, 0.2) is 0 Å². The van der Waals surface area contributed by atoms with Gasteiger partial charge in [0.2, 0.25) is 0 Å². The van der Waals surface area contributed by atoms with Gasteiger partial charge in [-0.2, -0.15) is 0 Å². The lowest BCUT2D eigenvalue weighted by Gasteiger charge is -1.72. The SMILES string of the molecule is CC(=O)O.CC(=O)O.CC(=O)O.CC(=O)O.CC(=O)O.NCCN.NCO. The lowest BCUT2D eigenvalue weighted by molar-refractivity contribution is -0.135. The summed E-state index contributed by atoms with van der Waals surface area (Å²) < 4.78 is 0. The Kier molecular flexibility index (Phi) is 80.7. The van der Waals surface area contributed by atoms with Crippen molar-refractivity contribution < 1.29 is 54.6 Å². The van der Waals surface area contributed by atoms with Crippen molar-refractivity contribution in [2.24, 2.45) is 17.2 Å². The Labute approximate surface area is 157 Å². The third-order valence-corrected chi connectivity index (χ3v) is 0.167. The summed E-state index contributed by atoms with van der Waals surface area (Å²) in [7, 11) is 0. The molecule has 0 spiro atoms. The smallest absolute Gasteiger partial charge is 0.300 e. The molecular weight excluding hydrogens is 374 g/mol. The zero-order valence-corrected chi connectivity index (χ0v) is 16.1. The lowest BCUT2D eigenvalue weighted by atomic mass is 10.7. The minimum Gasteiger partial charge on any atom is -0.481 e. The number of aliphatic hydroxyl groups is 1. The van der Waals surface area contributed by atoms with Gasteiger partial charge in [0.1, 0.15) is 0 Å². The molecule has 0 fully saturated rings. The summed E-state index contributed by atoms with van der Waals surface area (Å²) in [5.74, 6) is -4.17. The maximum Gasteiger partial charge on any atom is 0.300 e. The molecular formula is C13H33N3O11. The molecule has 0 bridgehead atoms. The first-order valence-corrected chi connectivity index (χ1v) is 6.68. The molecule has 14 heteroatoms. The van der Waals surface area contributed by atoms with Gasteiger partial charge in [-0.3, -0.25) is 24.0 Å². The molecule has 0 aromatic carbocycles. The van der Waals surface area contributed by atoms with Gasteiger partial charge in [0.05, 0.1) is 6.73 Å². The maximum absolute atomic E-state index is 9.00. The van der Waals surface area contributed by atoms with Gasteiger partial charge >= 0.3 is 0 Å². The van der Waals surface area contributed by atoms with Crippen LogP contribution in [0.3, 0.4) is 0 Å². The van der Waals surface area contributed by atoms with E-state index in [0.717, 1.165) is 34.6 Å². The fourth-order valence-corrected chi connectivity index (χ4v) is 0. The molecule has 166 valence electrons. The first-order chi connectivity index (χ1) is 12.0. The highest BCUT2D eigenvalue weighted by atomic mass is 16.4. The lowest BCUT2D eigenvalue weighted by Crippen LogP contribution is -2.11. The van der Waals surface area contributed by atoms with E-state index in [1.165, 1.54) is 0 Å². The number of carboxylic acid groups (broad SMARTS) is 5. The molecule has 0 unspecified atom stereocenters. The normalized spacial score (nSPS) is 6.41. The zero-order chi connectivity index (χ0) is 24.0. The molecule has 14 nitrogen and oxygen atoms in total. The van der Waals surface area contributed by atoms with Gasteiger partial charge in [0.15, 0.2) is 0 Å². The number of aliphatic hydroxyl groups excluding tert-OH is 1. The van der Waals surface area contributed by atoms with Crippen molar-refractivity contribution in [3.8, 4) is 0 Å². The number of carbonyl (C=O) groups is 5. The van der Waals surface area contributed by atoms with E-state index >= 15 is 0 Å². The molecule has 0 amide bonds. The minimum absolute atomic E-state index is 0.250. The standard InChI is InChI=1S/C2H8N2.5C2H4O2.CH5NO/c3-1-2-4;5*1-2(3)4;2-1-3/h1-4H2;5*1H3,(H,3,4);3H,1-2H2. The van der Waals surface area contributed by atoms with E-state index in [0.29, 0.717) is 13.1 Å². The Hall–Kier alpha value is -2.81. The number of carboxylic acids is 5. The molecule has 0 radical (unpaired) electrons. The van der Waals surface area contributed by atoms with Crippen molar-refractivity contribution >= 4 is 29.8 Å². The van der Waals surface area contributed by atoms with Crippen molar-refractivity contribution in [2.75, 3.05) is 19.8 Å². The Morgan fingerprint density at radius 1 is 0.519 bits per heavy atom. The summed E-state index contributed by atoms with van der Waals surface area (Å²) in [6.45, 7) is 6.36. The summed E-state index contributed by atoms with van der Waals surface area (Å²) in [4.78, 5) is 45.0. The van der Waals surface area contributed by atoms with Gasteiger partial charge in [0.25, 0.3) is 29.8 Å². The van der Waals surface area contributed by atoms with Crippen LogP contribution in [0, 0.1) is 0 Å². The molecule has 0 rings (SSSR count). The van der Waals surface area contributed by atoms with Crippen molar-refractivity contribution in [1.29, 1.82) is 0 Å². The number of rotatable bonds is 1. The minimum atomic E-state index is -0.833. The van der Waals surface area contributed by atoms with Crippen LogP contribution < -0.4 is 17.2 Å². The van der Waals surface area contributed by atoms with Crippen LogP contribution in [0.5, 0.6) is 0 Å². The highest BCUT2D eigenvalue weighted by molar-refractivity contribution is 5.63. The largest absolute Gasteiger partial charge is 0.481 e. The van der Waals surface area contributed by atoms with Crippen molar-refractivity contribution in [1.82, 2.24) is 0 Å². The number of hydrogen-bond donors (Lipinski definition) is 9. The Morgan fingerprint density at radius 3 is 0.556 bits per heavy atom. The average molecular weight is 407 g/mol. The van der Waals surface area contributed by atoms with E-state index in [1.807, 2.05) is 0 Å². The second-order valence-electron chi connectivity index (χ2n) is 3.36. The summed E-state index contributed by atoms with van der Waals surface area (Å²) in [5, 5.41) is 44.4. The molecule has 0 saturated carbocycles. The van der Waals surface area contributed by atoms with Crippen LogP contribution >= 0.6 is 0 Å². The van der Waals surface area contributed by atoms with E-state index in [9.17, 15) is 0 Å². The van der Waals surface area contributed by atoms with Crippen LogP contribution in [-0.4, -0.2) is 80.3 Å². The second kappa shape index (κ2) is 49.5. The molecule has 0 heterocycles. The van der Waals surface area contributed by atoms with Crippen LogP contribution in [0.2, 0.25) is 0 Å². The maximum atomic E-state index is 9.00. The summed E-state index contributed by atoms with van der Waals surface area (Å²) >= 11 is 0. The highest BCUT2D eigenvalue weighted by Crippen LogP contribution is 1.43. The Balaban J connectivity index is -0.0000000346. The molecule has 0 saturated heterocycles. The number of nitrogens with two attached hydrogens (primary N) is 3. The number of aliphatic carboxylic acids is 5. The summed E-state index contributed by atoms with van der Waals surface area (Å²) in [6.07, 6.45) is 0. The second-order valence-corrected chi connectivity index (χ2v) is 3.36. The van der Waals surface area contributed by atoms with E-state index in [4.69, 9.17) is 66.1 Å². The van der Waals surface area contributed by atoms with E-state index in [2.05, 4.69) is 5.73 Å². The quantitative estimate of drug-likeness (QED) is 0.218. The van der Waals surface area contributed by atoms with Gasteiger partial charge in [-0.25, -0.2) is 0 Å². The molecule has 12 N–H and O–H groups in total. The van der Waals surface area contributed by atoms with Gasteiger partial charge in [-0.15, -0.1) is 0 Å². The monoisotopic (exact) mass is 407 g/mol. The van der Waals surface area contributed by atoms with Gasteiger partial charge in [0, 0.05) is 47.7 Å². The van der Waals surface area contributed by atoms with E-state index in [1.54, 1.807) is 0 Å². The topological polar surface area (TPSA) is 285 Å². The predicted octanol–water partition coefficient (Wildman–Crippen LogP) is -1.75. The fourth-order valence-electron chi connectivity index (χ4n) is 0. The summed E-state index contributed by atoms with van der Waals surface area (Å²) in [5.41, 5.74) is 14.2. The van der Waals surface area contributed by atoms with Gasteiger partial charge in [-0.1, -0.05) is 0 Å². The van der Waals surface area contributed by atoms with Crippen molar-refractivity contribution in [3.05, 3.63) is 0 Å². The fraction of sp³-hybridized carbons (Fsp3) is 0.615. The third-order valence-electron chi connectivity index (χ3n) is 0.167. The molecule has 0 aliphatic rings. The molecule has 0 aromatic rings. The van der Waals surface area contributed by atoms with Gasteiger partial charge < -0.3 is 47.8 Å². The third kappa shape index (κ3) is 3180. The van der Waals surface area contributed by atoms with Crippen LogP contribution in [0.25, 0.3) is 0 Å². The average Bonchev–Trinajstić information content (AvgIpc) is 2.35. The predicted molar refractivity (Wildman–Crippen MR) is 95.9 cm³/mol. The van der Waals surface area contributed by atoms with Crippen LogP contribution in [0.4, 0.5) is 0 Å².